The zero-order chi connectivity index (χ0) is 14.3. The Hall–Kier alpha value is -0.530. The molecule has 0 rings (SSSR count). The molecule has 2 nitrogen and oxygen atoms in total. The van der Waals surface area contributed by atoms with E-state index in [1.165, 1.54) is 70.6 Å². The molecule has 0 aliphatic rings. The molecule has 1 atom stereocenters. The molecule has 114 valence electrons. The van der Waals surface area contributed by atoms with Crippen molar-refractivity contribution in [3.05, 3.63) is 0 Å². The van der Waals surface area contributed by atoms with Crippen molar-refractivity contribution in [1.29, 1.82) is 0 Å². The molecule has 0 aromatic heterocycles. The first-order chi connectivity index (χ1) is 9.22. The fourth-order valence-corrected chi connectivity index (χ4v) is 2.59. The van der Waals surface area contributed by atoms with E-state index in [9.17, 15) is 4.79 Å². The summed E-state index contributed by atoms with van der Waals surface area (Å²) in [6.45, 7) is 4.46. The average molecular weight is 269 g/mol. The normalized spacial score (nSPS) is 12.5. The predicted octanol–water partition coefficient (Wildman–Crippen LogP) is 5.20. The Morgan fingerprint density at radius 3 is 1.47 bits per heavy atom. The maximum absolute atomic E-state index is 11.4. The summed E-state index contributed by atoms with van der Waals surface area (Å²) in [4.78, 5) is 11.4. The van der Waals surface area contributed by atoms with Crippen LogP contribution in [0, 0.1) is 5.92 Å². The second kappa shape index (κ2) is 13.9. The van der Waals surface area contributed by atoms with Crippen LogP contribution in [-0.4, -0.2) is 5.91 Å². The van der Waals surface area contributed by atoms with Gasteiger partial charge >= 0.3 is 0 Å². The lowest BCUT2D eigenvalue weighted by Crippen LogP contribution is -2.23. The molecule has 0 saturated heterocycles. The van der Waals surface area contributed by atoms with Crippen LogP contribution in [0.4, 0.5) is 0 Å². The third-order valence-electron chi connectivity index (χ3n) is 3.96. The van der Waals surface area contributed by atoms with Gasteiger partial charge in [-0.3, -0.25) is 4.79 Å². The molecular weight excluding hydrogens is 234 g/mol. The van der Waals surface area contributed by atoms with Gasteiger partial charge in [-0.1, -0.05) is 84.5 Å². The van der Waals surface area contributed by atoms with E-state index in [-0.39, 0.29) is 11.8 Å². The van der Waals surface area contributed by atoms with Gasteiger partial charge < -0.3 is 5.73 Å². The van der Waals surface area contributed by atoms with Gasteiger partial charge in [-0.15, -0.1) is 0 Å². The van der Waals surface area contributed by atoms with Crippen molar-refractivity contribution >= 4 is 5.91 Å². The van der Waals surface area contributed by atoms with Gasteiger partial charge in [0.05, 0.1) is 0 Å². The van der Waals surface area contributed by atoms with Crippen LogP contribution in [0.25, 0.3) is 0 Å². The minimum atomic E-state index is -0.0796. The van der Waals surface area contributed by atoms with Crippen LogP contribution >= 0.6 is 0 Å². The van der Waals surface area contributed by atoms with E-state index in [2.05, 4.69) is 13.8 Å². The number of amides is 1. The molecule has 0 saturated carbocycles. The highest BCUT2D eigenvalue weighted by atomic mass is 16.1. The first-order valence-electron chi connectivity index (χ1n) is 8.51. The molecule has 0 aromatic rings. The molecule has 0 bridgehead atoms. The lowest BCUT2D eigenvalue weighted by atomic mass is 9.93. The maximum atomic E-state index is 11.4. The summed E-state index contributed by atoms with van der Waals surface area (Å²) >= 11 is 0. The highest BCUT2D eigenvalue weighted by Gasteiger charge is 2.14. The molecule has 2 heteroatoms. The van der Waals surface area contributed by atoms with Gasteiger partial charge in [0.25, 0.3) is 0 Å². The minimum Gasteiger partial charge on any atom is -0.369 e. The van der Waals surface area contributed by atoms with Gasteiger partial charge in [-0.05, 0) is 12.8 Å². The minimum absolute atomic E-state index is 0.0796. The lowest BCUT2D eigenvalue weighted by Gasteiger charge is -2.13. The number of hydrogen-bond donors (Lipinski definition) is 1. The van der Waals surface area contributed by atoms with Crippen molar-refractivity contribution in [3.63, 3.8) is 0 Å². The molecule has 0 fully saturated rings. The Labute approximate surface area is 120 Å². The van der Waals surface area contributed by atoms with Gasteiger partial charge in [0.1, 0.15) is 0 Å². The molecule has 0 aliphatic heterocycles. The molecule has 1 amide bonds. The molecule has 1 unspecified atom stereocenters. The summed E-state index contributed by atoms with van der Waals surface area (Å²) in [5.41, 5.74) is 5.50. The van der Waals surface area contributed by atoms with Crippen LogP contribution in [0.2, 0.25) is 0 Å². The standard InChI is InChI=1S/C17H35NO/c1-3-5-7-9-11-13-15-16(17(18)19)14-12-10-8-6-4-2/h16H,3-15H2,1-2H3,(H2,18,19). The van der Waals surface area contributed by atoms with Crippen LogP contribution < -0.4 is 5.73 Å². The van der Waals surface area contributed by atoms with E-state index < -0.39 is 0 Å². The Morgan fingerprint density at radius 2 is 1.11 bits per heavy atom. The van der Waals surface area contributed by atoms with Gasteiger partial charge in [0.15, 0.2) is 0 Å². The van der Waals surface area contributed by atoms with Gasteiger partial charge in [-0.25, -0.2) is 0 Å². The molecule has 0 heterocycles. The van der Waals surface area contributed by atoms with Crippen LogP contribution in [0.5, 0.6) is 0 Å². The molecule has 0 aliphatic carbocycles. The van der Waals surface area contributed by atoms with Crippen LogP contribution in [-0.2, 0) is 4.79 Å². The second-order valence-electron chi connectivity index (χ2n) is 5.86. The van der Waals surface area contributed by atoms with Crippen molar-refractivity contribution in [3.8, 4) is 0 Å². The monoisotopic (exact) mass is 269 g/mol. The quantitative estimate of drug-likeness (QED) is 0.433. The Balaban J connectivity index is 3.54. The fourth-order valence-electron chi connectivity index (χ4n) is 2.59. The van der Waals surface area contributed by atoms with Crippen LogP contribution in [0.3, 0.4) is 0 Å². The van der Waals surface area contributed by atoms with Crippen LogP contribution in [0.15, 0.2) is 0 Å². The predicted molar refractivity (Wildman–Crippen MR) is 84.1 cm³/mol. The summed E-state index contributed by atoms with van der Waals surface area (Å²) < 4.78 is 0. The van der Waals surface area contributed by atoms with Crippen molar-refractivity contribution in [2.45, 2.75) is 97.3 Å². The van der Waals surface area contributed by atoms with E-state index in [4.69, 9.17) is 5.73 Å². The summed E-state index contributed by atoms with van der Waals surface area (Å²) in [6.07, 6.45) is 16.1. The molecule has 0 spiro atoms. The number of rotatable bonds is 14. The Bertz CT molecular complexity index is 203. The fraction of sp³-hybridized carbons (Fsp3) is 0.941. The highest BCUT2D eigenvalue weighted by Crippen LogP contribution is 2.18. The van der Waals surface area contributed by atoms with E-state index >= 15 is 0 Å². The zero-order valence-corrected chi connectivity index (χ0v) is 13.3. The Morgan fingerprint density at radius 1 is 0.737 bits per heavy atom. The van der Waals surface area contributed by atoms with Crippen LogP contribution in [0.1, 0.15) is 97.3 Å². The average Bonchev–Trinajstić information content (AvgIpc) is 2.39. The molecule has 19 heavy (non-hydrogen) atoms. The number of nitrogens with two attached hydrogens (primary N) is 1. The van der Waals surface area contributed by atoms with E-state index in [0.29, 0.717) is 0 Å². The lowest BCUT2D eigenvalue weighted by molar-refractivity contribution is -0.122. The van der Waals surface area contributed by atoms with Gasteiger partial charge in [0, 0.05) is 5.92 Å². The van der Waals surface area contributed by atoms with Gasteiger partial charge in [-0.2, -0.15) is 0 Å². The third kappa shape index (κ3) is 12.3. The zero-order valence-electron chi connectivity index (χ0n) is 13.3. The van der Waals surface area contributed by atoms with E-state index in [0.717, 1.165) is 12.8 Å². The molecular formula is C17H35NO. The number of hydrogen-bond acceptors (Lipinski definition) is 1. The van der Waals surface area contributed by atoms with Crippen molar-refractivity contribution in [1.82, 2.24) is 0 Å². The number of primary amides is 1. The maximum Gasteiger partial charge on any atom is 0.220 e. The first kappa shape index (κ1) is 18.5. The summed E-state index contributed by atoms with van der Waals surface area (Å²) in [7, 11) is 0. The SMILES string of the molecule is CCCCCCCCC(CCCCCCC)C(N)=O. The van der Waals surface area contributed by atoms with Crippen molar-refractivity contribution in [2.24, 2.45) is 11.7 Å². The highest BCUT2D eigenvalue weighted by molar-refractivity contribution is 5.76. The van der Waals surface area contributed by atoms with E-state index in [1.807, 2.05) is 0 Å². The van der Waals surface area contributed by atoms with Crippen molar-refractivity contribution < 1.29 is 4.79 Å². The summed E-state index contributed by atoms with van der Waals surface area (Å²) in [6, 6.07) is 0. The smallest absolute Gasteiger partial charge is 0.220 e. The van der Waals surface area contributed by atoms with E-state index in [1.54, 1.807) is 0 Å². The summed E-state index contributed by atoms with van der Waals surface area (Å²) in [5.74, 6) is 0.0526. The van der Waals surface area contributed by atoms with Crippen molar-refractivity contribution in [2.75, 3.05) is 0 Å². The molecule has 0 radical (unpaired) electrons. The largest absolute Gasteiger partial charge is 0.369 e. The number of unbranched alkanes of at least 4 members (excludes halogenated alkanes) is 9. The Kier molecular flexibility index (Phi) is 13.5. The topological polar surface area (TPSA) is 43.1 Å². The van der Waals surface area contributed by atoms with Gasteiger partial charge in [0.2, 0.25) is 5.91 Å². The molecule has 2 N–H and O–H groups in total. The first-order valence-corrected chi connectivity index (χ1v) is 8.51. The second-order valence-corrected chi connectivity index (χ2v) is 5.86. The number of carbonyl (C=O) groups excluding carboxylic acids is 1. The third-order valence-corrected chi connectivity index (χ3v) is 3.96. The number of carbonyl (C=O) groups is 1. The summed E-state index contributed by atoms with van der Waals surface area (Å²) in [5, 5.41) is 0. The molecule has 0 aromatic carbocycles.